The zero-order valence-electron chi connectivity index (χ0n) is 11.7. The number of ether oxygens (including phenoxy) is 1. The van der Waals surface area contributed by atoms with E-state index in [1.54, 1.807) is 0 Å². The standard InChI is InChI=1S/C16H26N2O/c17-18-15(14-2-1-3-19-10-14)16-7-11-4-12(8-16)6-13(5-11)9-16/h10-13,15,18H,1-9,17H2. The van der Waals surface area contributed by atoms with Crippen molar-refractivity contribution in [3.63, 3.8) is 0 Å². The van der Waals surface area contributed by atoms with Gasteiger partial charge in [0.1, 0.15) is 0 Å². The highest BCUT2D eigenvalue weighted by molar-refractivity contribution is 5.19. The molecule has 1 atom stereocenters. The lowest BCUT2D eigenvalue weighted by atomic mass is 9.47. The van der Waals surface area contributed by atoms with Crippen LogP contribution in [-0.4, -0.2) is 12.6 Å². The lowest BCUT2D eigenvalue weighted by Crippen LogP contribution is -2.58. The Morgan fingerprint density at radius 2 is 1.79 bits per heavy atom. The van der Waals surface area contributed by atoms with Gasteiger partial charge in [0.25, 0.3) is 0 Å². The zero-order valence-corrected chi connectivity index (χ0v) is 11.7. The van der Waals surface area contributed by atoms with Gasteiger partial charge in [-0.2, -0.15) is 0 Å². The van der Waals surface area contributed by atoms with Crippen molar-refractivity contribution in [1.82, 2.24) is 5.43 Å². The second-order valence-corrected chi connectivity index (χ2v) is 7.55. The lowest BCUT2D eigenvalue weighted by molar-refractivity contribution is -0.0685. The summed E-state index contributed by atoms with van der Waals surface area (Å²) in [6.45, 7) is 0.877. The van der Waals surface area contributed by atoms with Crippen molar-refractivity contribution in [2.75, 3.05) is 6.61 Å². The van der Waals surface area contributed by atoms with E-state index in [0.717, 1.165) is 37.2 Å². The Balaban J connectivity index is 1.63. The molecule has 4 aliphatic carbocycles. The van der Waals surface area contributed by atoms with Crippen molar-refractivity contribution >= 4 is 0 Å². The minimum atomic E-state index is 0.362. The predicted octanol–water partition coefficient (Wildman–Crippen LogP) is 2.73. The molecule has 0 aromatic heterocycles. The van der Waals surface area contributed by atoms with Crippen LogP contribution in [0.2, 0.25) is 0 Å². The minimum absolute atomic E-state index is 0.362. The Kier molecular flexibility index (Phi) is 2.89. The third kappa shape index (κ3) is 1.93. The van der Waals surface area contributed by atoms with Gasteiger partial charge in [0.2, 0.25) is 0 Å². The normalized spacial score (nSPS) is 45.7. The van der Waals surface area contributed by atoms with Crippen LogP contribution in [0.3, 0.4) is 0 Å². The minimum Gasteiger partial charge on any atom is -0.501 e. The second kappa shape index (κ2) is 4.49. The molecule has 4 saturated carbocycles. The molecular weight excluding hydrogens is 236 g/mol. The summed E-state index contributed by atoms with van der Waals surface area (Å²) in [5.74, 6) is 8.92. The van der Waals surface area contributed by atoms with E-state index in [1.807, 2.05) is 6.26 Å². The zero-order chi connectivity index (χ0) is 12.9. The quantitative estimate of drug-likeness (QED) is 0.607. The topological polar surface area (TPSA) is 47.3 Å². The summed E-state index contributed by atoms with van der Waals surface area (Å²) in [5.41, 5.74) is 5.05. The van der Waals surface area contributed by atoms with Crippen LogP contribution in [0, 0.1) is 23.2 Å². The van der Waals surface area contributed by atoms with Crippen molar-refractivity contribution < 1.29 is 4.74 Å². The molecule has 0 aromatic rings. The van der Waals surface area contributed by atoms with Gasteiger partial charge in [-0.05, 0) is 80.1 Å². The maximum atomic E-state index is 5.98. The highest BCUT2D eigenvalue weighted by Crippen LogP contribution is 2.62. The number of nitrogens with two attached hydrogens (primary N) is 1. The number of hydrogen-bond donors (Lipinski definition) is 2. The fourth-order valence-electron chi connectivity index (χ4n) is 6.01. The summed E-state index contributed by atoms with van der Waals surface area (Å²) in [6.07, 6.45) is 13.0. The fourth-order valence-corrected chi connectivity index (χ4v) is 6.01. The summed E-state index contributed by atoms with van der Waals surface area (Å²) < 4.78 is 5.57. The van der Waals surface area contributed by atoms with Crippen molar-refractivity contribution in [2.24, 2.45) is 29.0 Å². The van der Waals surface area contributed by atoms with Gasteiger partial charge >= 0.3 is 0 Å². The lowest BCUT2D eigenvalue weighted by Gasteiger charge is -2.59. The smallest absolute Gasteiger partial charge is 0.0876 e. The number of hydrogen-bond acceptors (Lipinski definition) is 3. The van der Waals surface area contributed by atoms with E-state index in [2.05, 4.69) is 5.43 Å². The summed E-state index contributed by atoms with van der Waals surface area (Å²) >= 11 is 0. The maximum absolute atomic E-state index is 5.98. The predicted molar refractivity (Wildman–Crippen MR) is 75.0 cm³/mol. The first kappa shape index (κ1) is 12.2. The molecule has 0 spiro atoms. The molecule has 0 radical (unpaired) electrons. The van der Waals surface area contributed by atoms with Gasteiger partial charge in [-0.15, -0.1) is 0 Å². The van der Waals surface area contributed by atoms with E-state index in [-0.39, 0.29) is 0 Å². The molecule has 4 fully saturated rings. The van der Waals surface area contributed by atoms with Crippen LogP contribution < -0.4 is 11.3 Å². The van der Waals surface area contributed by atoms with Gasteiger partial charge in [0, 0.05) is 0 Å². The van der Waals surface area contributed by atoms with E-state index in [1.165, 1.54) is 44.1 Å². The Morgan fingerprint density at radius 1 is 1.16 bits per heavy atom. The average molecular weight is 262 g/mol. The van der Waals surface area contributed by atoms with Crippen LogP contribution in [-0.2, 0) is 4.74 Å². The molecule has 0 aromatic carbocycles. The molecule has 3 nitrogen and oxygen atoms in total. The molecule has 5 rings (SSSR count). The molecular formula is C16H26N2O. The highest BCUT2D eigenvalue weighted by atomic mass is 16.5. The van der Waals surface area contributed by atoms with Crippen molar-refractivity contribution in [1.29, 1.82) is 0 Å². The number of nitrogens with one attached hydrogen (secondary N) is 1. The Morgan fingerprint density at radius 3 is 2.26 bits per heavy atom. The Bertz CT molecular complexity index is 355. The first-order chi connectivity index (χ1) is 9.29. The van der Waals surface area contributed by atoms with Gasteiger partial charge < -0.3 is 4.74 Å². The van der Waals surface area contributed by atoms with Crippen LogP contribution >= 0.6 is 0 Å². The molecule has 5 aliphatic rings. The molecule has 1 heterocycles. The molecule has 106 valence electrons. The van der Waals surface area contributed by atoms with E-state index in [9.17, 15) is 0 Å². The molecule has 1 aliphatic heterocycles. The van der Waals surface area contributed by atoms with E-state index in [4.69, 9.17) is 10.6 Å². The molecule has 3 heteroatoms. The molecule has 3 N–H and O–H groups in total. The van der Waals surface area contributed by atoms with Gasteiger partial charge in [-0.3, -0.25) is 11.3 Å². The van der Waals surface area contributed by atoms with E-state index < -0.39 is 0 Å². The van der Waals surface area contributed by atoms with E-state index in [0.29, 0.717) is 11.5 Å². The van der Waals surface area contributed by atoms with Crippen LogP contribution in [0.15, 0.2) is 11.8 Å². The van der Waals surface area contributed by atoms with Gasteiger partial charge in [0.05, 0.1) is 18.9 Å². The molecule has 0 amide bonds. The van der Waals surface area contributed by atoms with Crippen LogP contribution in [0.1, 0.15) is 51.4 Å². The molecule has 4 bridgehead atoms. The van der Waals surface area contributed by atoms with Crippen molar-refractivity contribution in [2.45, 2.75) is 57.4 Å². The summed E-state index contributed by atoms with van der Waals surface area (Å²) in [5, 5.41) is 0. The van der Waals surface area contributed by atoms with Crippen LogP contribution in [0.5, 0.6) is 0 Å². The fraction of sp³-hybridized carbons (Fsp3) is 0.875. The second-order valence-electron chi connectivity index (χ2n) is 7.55. The third-order valence-electron chi connectivity index (χ3n) is 6.20. The number of rotatable bonds is 3. The SMILES string of the molecule is NNC(C1=COCCC1)C12CC3CC(CC(C3)C1)C2. The van der Waals surface area contributed by atoms with Gasteiger partial charge in [-0.25, -0.2) is 0 Å². The van der Waals surface area contributed by atoms with E-state index >= 15 is 0 Å². The number of hydrazine groups is 1. The Labute approximate surface area is 115 Å². The molecule has 1 unspecified atom stereocenters. The summed E-state index contributed by atoms with van der Waals surface area (Å²) in [7, 11) is 0. The highest BCUT2D eigenvalue weighted by Gasteiger charge is 2.54. The van der Waals surface area contributed by atoms with Gasteiger partial charge in [-0.1, -0.05) is 0 Å². The van der Waals surface area contributed by atoms with Crippen molar-refractivity contribution in [3.05, 3.63) is 11.8 Å². The molecule has 19 heavy (non-hydrogen) atoms. The van der Waals surface area contributed by atoms with Crippen molar-refractivity contribution in [3.8, 4) is 0 Å². The monoisotopic (exact) mass is 262 g/mol. The Hall–Kier alpha value is -0.540. The first-order valence-corrected chi connectivity index (χ1v) is 8.06. The molecule has 0 saturated heterocycles. The van der Waals surface area contributed by atoms with Gasteiger partial charge in [0.15, 0.2) is 0 Å². The van der Waals surface area contributed by atoms with Crippen LogP contribution in [0.25, 0.3) is 0 Å². The summed E-state index contributed by atoms with van der Waals surface area (Å²) in [4.78, 5) is 0. The first-order valence-electron chi connectivity index (χ1n) is 8.06. The average Bonchev–Trinajstić information content (AvgIpc) is 2.38. The largest absolute Gasteiger partial charge is 0.501 e. The summed E-state index contributed by atoms with van der Waals surface area (Å²) in [6, 6.07) is 0.362. The maximum Gasteiger partial charge on any atom is 0.0876 e. The third-order valence-corrected chi connectivity index (χ3v) is 6.20. The van der Waals surface area contributed by atoms with Crippen LogP contribution in [0.4, 0.5) is 0 Å².